The second-order valence-corrected chi connectivity index (χ2v) is 2.22. The molecule has 0 aromatic heterocycles. The summed E-state index contributed by atoms with van der Waals surface area (Å²) in [6, 6.07) is 0. The number of thiol groups is 1. The largest absolute Gasteiger partial charge is 0.306 e. The van der Waals surface area contributed by atoms with Crippen LogP contribution < -0.4 is 0 Å². The van der Waals surface area contributed by atoms with E-state index in [1.54, 1.807) is 12.3 Å². The van der Waals surface area contributed by atoms with Crippen LogP contribution in [0, 0.1) is 0 Å². The highest BCUT2D eigenvalue weighted by Gasteiger charge is 2.06. The third-order valence-corrected chi connectivity index (χ3v) is 1.52. The van der Waals surface area contributed by atoms with Crippen molar-refractivity contribution in [3.8, 4) is 0 Å². The summed E-state index contributed by atoms with van der Waals surface area (Å²) in [6.45, 7) is 0. The SMILES string of the molecule is Cl.O=CN1C=CC=CC1S. The lowest BCUT2D eigenvalue weighted by Gasteiger charge is -2.18. The number of carbonyl (C=O) groups is 1. The Morgan fingerprint density at radius 3 is 2.60 bits per heavy atom. The lowest BCUT2D eigenvalue weighted by molar-refractivity contribution is -0.115. The molecule has 0 saturated heterocycles. The Morgan fingerprint density at radius 1 is 1.50 bits per heavy atom. The van der Waals surface area contributed by atoms with E-state index in [9.17, 15) is 4.79 Å². The highest BCUT2D eigenvalue weighted by molar-refractivity contribution is 7.81. The van der Waals surface area contributed by atoms with Crippen LogP contribution in [-0.4, -0.2) is 16.7 Å². The maximum Gasteiger partial charge on any atom is 0.214 e. The van der Waals surface area contributed by atoms with Crippen molar-refractivity contribution in [1.29, 1.82) is 0 Å². The standard InChI is InChI=1S/C6H7NOS.ClH/c8-5-7-4-2-1-3-6(7)9;/h1-6,9H;1H. The first-order chi connectivity index (χ1) is 4.34. The fourth-order valence-corrected chi connectivity index (χ4v) is 0.828. The minimum absolute atomic E-state index is 0. The Hall–Kier alpha value is -0.410. The number of nitrogens with zero attached hydrogens (tertiary/aromatic N) is 1. The molecule has 0 fully saturated rings. The zero-order chi connectivity index (χ0) is 6.69. The second-order valence-electron chi connectivity index (χ2n) is 1.69. The first kappa shape index (κ1) is 9.59. The van der Waals surface area contributed by atoms with E-state index >= 15 is 0 Å². The smallest absolute Gasteiger partial charge is 0.214 e. The molecule has 1 atom stereocenters. The lowest BCUT2D eigenvalue weighted by Crippen LogP contribution is -2.23. The van der Waals surface area contributed by atoms with Crippen LogP contribution >= 0.6 is 25.0 Å². The van der Waals surface area contributed by atoms with Crippen LogP contribution in [0.2, 0.25) is 0 Å². The molecule has 1 heterocycles. The van der Waals surface area contributed by atoms with Gasteiger partial charge in [-0.3, -0.25) is 4.79 Å². The highest BCUT2D eigenvalue weighted by atomic mass is 35.5. The molecule has 4 heteroatoms. The van der Waals surface area contributed by atoms with Gasteiger partial charge in [0.1, 0.15) is 0 Å². The molecule has 0 saturated carbocycles. The minimum atomic E-state index is -0.0903. The molecule has 0 aromatic rings. The van der Waals surface area contributed by atoms with E-state index in [0.29, 0.717) is 0 Å². The Kier molecular flexibility index (Phi) is 4.23. The van der Waals surface area contributed by atoms with E-state index in [1.807, 2.05) is 12.2 Å². The molecular weight excluding hydrogens is 170 g/mol. The average Bonchev–Trinajstić information content (AvgIpc) is 1.89. The third kappa shape index (κ3) is 2.08. The summed E-state index contributed by atoms with van der Waals surface area (Å²) in [7, 11) is 0. The summed E-state index contributed by atoms with van der Waals surface area (Å²) in [5.41, 5.74) is 0. The van der Waals surface area contributed by atoms with E-state index in [2.05, 4.69) is 12.6 Å². The average molecular weight is 178 g/mol. The Morgan fingerprint density at radius 2 is 2.20 bits per heavy atom. The molecule has 2 nitrogen and oxygen atoms in total. The van der Waals surface area contributed by atoms with Crippen LogP contribution in [-0.2, 0) is 4.79 Å². The number of rotatable bonds is 1. The van der Waals surface area contributed by atoms with Gasteiger partial charge in [0.05, 0.1) is 5.37 Å². The van der Waals surface area contributed by atoms with Gasteiger partial charge in [0.25, 0.3) is 0 Å². The van der Waals surface area contributed by atoms with Crippen LogP contribution in [0.25, 0.3) is 0 Å². The molecule has 10 heavy (non-hydrogen) atoms. The molecule has 0 bridgehead atoms. The van der Waals surface area contributed by atoms with E-state index in [1.165, 1.54) is 4.90 Å². The summed E-state index contributed by atoms with van der Waals surface area (Å²) in [4.78, 5) is 11.6. The molecule has 0 aliphatic carbocycles. The molecule has 0 spiro atoms. The van der Waals surface area contributed by atoms with E-state index in [-0.39, 0.29) is 17.8 Å². The van der Waals surface area contributed by atoms with Crippen molar-refractivity contribution in [3.63, 3.8) is 0 Å². The Balaban J connectivity index is 0.000000810. The van der Waals surface area contributed by atoms with Gasteiger partial charge in [0.2, 0.25) is 6.41 Å². The van der Waals surface area contributed by atoms with Gasteiger partial charge in [-0.15, -0.1) is 25.0 Å². The summed E-state index contributed by atoms with van der Waals surface area (Å²) >= 11 is 4.09. The van der Waals surface area contributed by atoms with Crippen molar-refractivity contribution in [2.75, 3.05) is 0 Å². The van der Waals surface area contributed by atoms with Gasteiger partial charge in [0, 0.05) is 6.20 Å². The Labute approximate surface area is 71.4 Å². The lowest BCUT2D eigenvalue weighted by atomic mass is 10.4. The normalized spacial score (nSPS) is 22.1. The minimum Gasteiger partial charge on any atom is -0.306 e. The van der Waals surface area contributed by atoms with Gasteiger partial charge >= 0.3 is 0 Å². The van der Waals surface area contributed by atoms with Crippen molar-refractivity contribution in [3.05, 3.63) is 24.4 Å². The van der Waals surface area contributed by atoms with Crippen molar-refractivity contribution in [1.82, 2.24) is 4.90 Å². The zero-order valence-corrected chi connectivity index (χ0v) is 6.89. The Bertz CT molecular complexity index is 169. The van der Waals surface area contributed by atoms with Crippen LogP contribution in [0.4, 0.5) is 0 Å². The third-order valence-electron chi connectivity index (χ3n) is 1.08. The van der Waals surface area contributed by atoms with Crippen LogP contribution in [0.1, 0.15) is 0 Å². The summed E-state index contributed by atoms with van der Waals surface area (Å²) in [6.07, 6.45) is 7.92. The molecule has 0 N–H and O–H groups in total. The highest BCUT2D eigenvalue weighted by Crippen LogP contribution is 2.07. The number of hydrogen-bond donors (Lipinski definition) is 1. The molecule has 1 unspecified atom stereocenters. The van der Waals surface area contributed by atoms with E-state index < -0.39 is 0 Å². The topological polar surface area (TPSA) is 20.3 Å². The maximum atomic E-state index is 10.2. The molecule has 0 radical (unpaired) electrons. The van der Waals surface area contributed by atoms with Gasteiger partial charge in [-0.2, -0.15) is 0 Å². The predicted molar refractivity (Wildman–Crippen MR) is 46.2 cm³/mol. The number of halogens is 1. The fraction of sp³-hybridized carbons (Fsp3) is 0.167. The first-order valence-electron chi connectivity index (χ1n) is 2.60. The molecule has 1 amide bonds. The fourth-order valence-electron chi connectivity index (χ4n) is 0.598. The molecule has 0 aromatic carbocycles. The monoisotopic (exact) mass is 177 g/mol. The van der Waals surface area contributed by atoms with Crippen LogP contribution in [0.3, 0.4) is 0 Å². The summed E-state index contributed by atoms with van der Waals surface area (Å²) in [5, 5.41) is -0.0903. The van der Waals surface area contributed by atoms with Crippen LogP contribution in [0.15, 0.2) is 24.4 Å². The van der Waals surface area contributed by atoms with Crippen molar-refractivity contribution < 1.29 is 4.79 Å². The number of hydrogen-bond acceptors (Lipinski definition) is 2. The van der Waals surface area contributed by atoms with Gasteiger partial charge in [-0.25, -0.2) is 0 Å². The van der Waals surface area contributed by atoms with E-state index in [4.69, 9.17) is 0 Å². The van der Waals surface area contributed by atoms with Gasteiger partial charge in [0.15, 0.2) is 0 Å². The molecule has 1 aliphatic rings. The molecule has 1 aliphatic heterocycles. The maximum absolute atomic E-state index is 10.2. The van der Waals surface area contributed by atoms with Crippen molar-refractivity contribution in [2.45, 2.75) is 5.37 Å². The van der Waals surface area contributed by atoms with Gasteiger partial charge < -0.3 is 4.90 Å². The quantitative estimate of drug-likeness (QED) is 0.472. The summed E-state index contributed by atoms with van der Waals surface area (Å²) in [5.74, 6) is 0. The molecular formula is C6H8ClNOS. The first-order valence-corrected chi connectivity index (χ1v) is 3.12. The second kappa shape index (κ2) is 4.41. The number of allylic oxidation sites excluding steroid dienone is 2. The van der Waals surface area contributed by atoms with Gasteiger partial charge in [-0.05, 0) is 6.08 Å². The number of amides is 1. The number of carbonyl (C=O) groups excluding carboxylic acids is 1. The van der Waals surface area contributed by atoms with Crippen molar-refractivity contribution >= 4 is 31.4 Å². The van der Waals surface area contributed by atoms with E-state index in [0.717, 1.165) is 6.41 Å². The van der Waals surface area contributed by atoms with Crippen LogP contribution in [0.5, 0.6) is 0 Å². The predicted octanol–water partition coefficient (Wildman–Crippen LogP) is 1.21. The molecule has 56 valence electrons. The molecule has 1 rings (SSSR count). The summed E-state index contributed by atoms with van der Waals surface area (Å²) < 4.78 is 0. The van der Waals surface area contributed by atoms with Gasteiger partial charge in [-0.1, -0.05) is 12.2 Å². The zero-order valence-electron chi connectivity index (χ0n) is 5.18. The van der Waals surface area contributed by atoms with Crippen molar-refractivity contribution in [2.24, 2.45) is 0 Å².